The summed E-state index contributed by atoms with van der Waals surface area (Å²) in [6.07, 6.45) is 0. The lowest BCUT2D eigenvalue weighted by Gasteiger charge is -2.10. The SMILES string of the molecule is CC(C)c1ccc2nc(C3C(=O)c4ccccc4C3=O)ccc2c1. The highest BCUT2D eigenvalue weighted by Gasteiger charge is 2.40. The van der Waals surface area contributed by atoms with Crippen molar-refractivity contribution in [3.63, 3.8) is 0 Å². The van der Waals surface area contributed by atoms with Crippen molar-refractivity contribution >= 4 is 22.5 Å². The van der Waals surface area contributed by atoms with Crippen LogP contribution in [0.4, 0.5) is 0 Å². The fourth-order valence-corrected chi connectivity index (χ4v) is 3.29. The number of hydrogen-bond acceptors (Lipinski definition) is 3. The van der Waals surface area contributed by atoms with Crippen molar-refractivity contribution in [1.29, 1.82) is 0 Å². The van der Waals surface area contributed by atoms with E-state index in [1.165, 1.54) is 5.56 Å². The van der Waals surface area contributed by atoms with Crippen LogP contribution in [0.2, 0.25) is 0 Å². The lowest BCUT2D eigenvalue weighted by Crippen LogP contribution is -2.14. The fraction of sp³-hybridized carbons (Fsp3) is 0.190. The van der Waals surface area contributed by atoms with Gasteiger partial charge in [0.15, 0.2) is 11.6 Å². The normalized spacial score (nSPS) is 14.6. The molecule has 1 aliphatic carbocycles. The Balaban J connectivity index is 1.79. The van der Waals surface area contributed by atoms with Gasteiger partial charge in [-0.05, 0) is 29.7 Å². The molecule has 0 fully saturated rings. The summed E-state index contributed by atoms with van der Waals surface area (Å²) in [6, 6.07) is 16.9. The van der Waals surface area contributed by atoms with E-state index in [0.717, 1.165) is 10.9 Å². The predicted octanol–water partition coefficient (Wildman–Crippen LogP) is 4.52. The Kier molecular flexibility index (Phi) is 3.31. The van der Waals surface area contributed by atoms with E-state index >= 15 is 0 Å². The highest BCUT2D eigenvalue weighted by molar-refractivity contribution is 6.29. The second kappa shape index (κ2) is 5.38. The molecule has 2 aromatic carbocycles. The maximum absolute atomic E-state index is 12.6. The van der Waals surface area contributed by atoms with Gasteiger partial charge in [-0.15, -0.1) is 0 Å². The Bertz CT molecular complexity index is 953. The minimum absolute atomic E-state index is 0.152. The summed E-state index contributed by atoms with van der Waals surface area (Å²) in [6.45, 7) is 4.30. The van der Waals surface area contributed by atoms with E-state index in [2.05, 4.69) is 31.0 Å². The van der Waals surface area contributed by atoms with E-state index < -0.39 is 5.92 Å². The molecule has 0 saturated carbocycles. The minimum Gasteiger partial charge on any atom is -0.293 e. The van der Waals surface area contributed by atoms with Crippen molar-refractivity contribution < 1.29 is 9.59 Å². The molecule has 1 aromatic heterocycles. The monoisotopic (exact) mass is 315 g/mol. The molecule has 4 rings (SSSR count). The summed E-state index contributed by atoms with van der Waals surface area (Å²) in [5.74, 6) is -0.666. The molecule has 118 valence electrons. The molecule has 0 aliphatic heterocycles. The lowest BCUT2D eigenvalue weighted by atomic mass is 9.97. The van der Waals surface area contributed by atoms with Gasteiger partial charge in [0.25, 0.3) is 0 Å². The summed E-state index contributed by atoms with van der Waals surface area (Å²) in [5, 5.41) is 1.03. The number of fused-ring (bicyclic) bond motifs is 2. The van der Waals surface area contributed by atoms with Gasteiger partial charge in [0.2, 0.25) is 0 Å². The third-order valence-electron chi connectivity index (χ3n) is 4.68. The molecule has 0 amide bonds. The van der Waals surface area contributed by atoms with Crippen LogP contribution in [0.3, 0.4) is 0 Å². The van der Waals surface area contributed by atoms with Crippen LogP contribution < -0.4 is 0 Å². The number of benzene rings is 2. The molecule has 0 saturated heterocycles. The molecule has 0 atom stereocenters. The van der Waals surface area contributed by atoms with Gasteiger partial charge < -0.3 is 0 Å². The van der Waals surface area contributed by atoms with Gasteiger partial charge in [0, 0.05) is 16.5 Å². The predicted molar refractivity (Wildman–Crippen MR) is 93.7 cm³/mol. The number of pyridine rings is 1. The van der Waals surface area contributed by atoms with Gasteiger partial charge in [0.1, 0.15) is 5.92 Å². The fourth-order valence-electron chi connectivity index (χ4n) is 3.29. The number of carbonyl (C=O) groups excluding carboxylic acids is 2. The maximum atomic E-state index is 12.6. The van der Waals surface area contributed by atoms with Crippen LogP contribution in [-0.4, -0.2) is 16.6 Å². The average molecular weight is 315 g/mol. The second-order valence-corrected chi connectivity index (χ2v) is 6.55. The van der Waals surface area contributed by atoms with Gasteiger partial charge in [-0.25, -0.2) is 0 Å². The molecule has 3 heteroatoms. The van der Waals surface area contributed by atoms with Crippen molar-refractivity contribution in [2.45, 2.75) is 25.7 Å². The van der Waals surface area contributed by atoms with E-state index in [1.807, 2.05) is 12.1 Å². The Labute approximate surface area is 140 Å². The third kappa shape index (κ3) is 2.16. The number of aromatic nitrogens is 1. The summed E-state index contributed by atoms with van der Waals surface area (Å²) in [7, 11) is 0. The zero-order valence-electron chi connectivity index (χ0n) is 13.6. The topological polar surface area (TPSA) is 47.0 Å². The van der Waals surface area contributed by atoms with E-state index in [1.54, 1.807) is 30.3 Å². The Morgan fingerprint density at radius 3 is 2.17 bits per heavy atom. The van der Waals surface area contributed by atoms with E-state index in [0.29, 0.717) is 22.7 Å². The molecule has 0 unspecified atom stereocenters. The van der Waals surface area contributed by atoms with Gasteiger partial charge in [-0.3, -0.25) is 14.6 Å². The molecule has 0 N–H and O–H groups in total. The first-order valence-corrected chi connectivity index (χ1v) is 8.14. The zero-order valence-corrected chi connectivity index (χ0v) is 13.6. The summed E-state index contributed by atoms with van der Waals surface area (Å²) in [4.78, 5) is 29.9. The van der Waals surface area contributed by atoms with Gasteiger partial charge in [0.05, 0.1) is 11.2 Å². The molecule has 0 bridgehead atoms. The minimum atomic E-state index is -0.809. The Morgan fingerprint density at radius 1 is 0.875 bits per heavy atom. The first-order valence-electron chi connectivity index (χ1n) is 8.14. The Hall–Kier alpha value is -2.81. The van der Waals surface area contributed by atoms with Gasteiger partial charge in [-0.1, -0.05) is 50.2 Å². The van der Waals surface area contributed by atoms with Crippen LogP contribution in [-0.2, 0) is 0 Å². The first kappa shape index (κ1) is 14.8. The van der Waals surface area contributed by atoms with Gasteiger partial charge >= 0.3 is 0 Å². The van der Waals surface area contributed by atoms with E-state index in [-0.39, 0.29) is 11.6 Å². The first-order chi connectivity index (χ1) is 11.6. The maximum Gasteiger partial charge on any atom is 0.180 e. The van der Waals surface area contributed by atoms with Crippen LogP contribution in [0.25, 0.3) is 10.9 Å². The lowest BCUT2D eigenvalue weighted by molar-refractivity contribution is 0.0888. The highest BCUT2D eigenvalue weighted by atomic mass is 16.2. The Morgan fingerprint density at radius 2 is 1.54 bits per heavy atom. The highest BCUT2D eigenvalue weighted by Crippen LogP contribution is 2.33. The van der Waals surface area contributed by atoms with Crippen molar-refractivity contribution in [2.24, 2.45) is 0 Å². The van der Waals surface area contributed by atoms with Crippen molar-refractivity contribution in [3.8, 4) is 0 Å². The number of ketones is 2. The summed E-state index contributed by atoms with van der Waals surface area (Å²) in [5.41, 5.74) is 3.60. The molecule has 1 aliphatic rings. The largest absolute Gasteiger partial charge is 0.293 e. The number of nitrogens with zero attached hydrogens (tertiary/aromatic N) is 1. The average Bonchev–Trinajstić information content (AvgIpc) is 2.85. The van der Waals surface area contributed by atoms with Crippen LogP contribution in [0.15, 0.2) is 54.6 Å². The van der Waals surface area contributed by atoms with Crippen molar-refractivity contribution in [2.75, 3.05) is 0 Å². The van der Waals surface area contributed by atoms with Crippen molar-refractivity contribution in [1.82, 2.24) is 4.98 Å². The quantitative estimate of drug-likeness (QED) is 0.653. The molecule has 3 aromatic rings. The molecular formula is C21H17NO2. The number of Topliss-reactive ketones (excluding diaryl/α,β-unsaturated/α-hetero) is 2. The molecule has 3 nitrogen and oxygen atoms in total. The van der Waals surface area contributed by atoms with E-state index in [9.17, 15) is 9.59 Å². The van der Waals surface area contributed by atoms with E-state index in [4.69, 9.17) is 0 Å². The van der Waals surface area contributed by atoms with Crippen LogP contribution in [0.5, 0.6) is 0 Å². The van der Waals surface area contributed by atoms with Crippen LogP contribution in [0, 0.1) is 0 Å². The number of carbonyl (C=O) groups is 2. The molecule has 0 spiro atoms. The van der Waals surface area contributed by atoms with Crippen molar-refractivity contribution in [3.05, 3.63) is 77.0 Å². The molecule has 24 heavy (non-hydrogen) atoms. The summed E-state index contributed by atoms with van der Waals surface area (Å²) >= 11 is 0. The molecule has 0 radical (unpaired) electrons. The smallest absolute Gasteiger partial charge is 0.180 e. The van der Waals surface area contributed by atoms with Gasteiger partial charge in [-0.2, -0.15) is 0 Å². The molecular weight excluding hydrogens is 298 g/mol. The standard InChI is InChI=1S/C21H17NO2/c1-12(2)13-7-9-17-14(11-13)8-10-18(22-17)19-20(23)15-5-3-4-6-16(15)21(19)24/h3-12,19H,1-2H3. The third-order valence-corrected chi connectivity index (χ3v) is 4.68. The number of hydrogen-bond donors (Lipinski definition) is 0. The molecule has 1 heterocycles. The summed E-state index contributed by atoms with van der Waals surface area (Å²) < 4.78 is 0. The van der Waals surface area contributed by atoms with Crippen LogP contribution >= 0.6 is 0 Å². The number of rotatable bonds is 2. The zero-order chi connectivity index (χ0) is 16.8. The van der Waals surface area contributed by atoms with Crippen LogP contribution in [0.1, 0.15) is 57.7 Å². The second-order valence-electron chi connectivity index (χ2n) is 6.55.